The molecule has 0 bridgehead atoms. The fourth-order valence-electron chi connectivity index (χ4n) is 4.85. The van der Waals surface area contributed by atoms with Gasteiger partial charge in [0.1, 0.15) is 23.4 Å². The first-order chi connectivity index (χ1) is 19.5. The molecule has 0 saturated carbocycles. The standard InChI is InChI=1S/C28H36N6O6/c1-37-21-7-5-17(15-23(21)39-3)13-19-27-28(34(33-29)26(31-19)10-12-36)20(30-25(32-27)9-11-35)14-18-6-8-22(38-2)24(16-18)40-4/h5-8,15-16,26,29,31,35-36H,9-14H2,1-4H3,(H,30,32). The van der Waals surface area contributed by atoms with Crippen LogP contribution in [-0.4, -0.2) is 68.9 Å². The molecule has 0 saturated heterocycles. The van der Waals surface area contributed by atoms with E-state index in [0.29, 0.717) is 65.9 Å². The van der Waals surface area contributed by atoms with E-state index in [1.165, 1.54) is 5.01 Å². The van der Waals surface area contributed by atoms with Gasteiger partial charge in [-0.3, -0.25) is 0 Å². The molecule has 0 fully saturated rings. The van der Waals surface area contributed by atoms with Gasteiger partial charge in [0, 0.05) is 43.7 Å². The Bertz CT molecular complexity index is 1320. The topological polar surface area (TPSA) is 153 Å². The summed E-state index contributed by atoms with van der Waals surface area (Å²) in [4.78, 5) is 4.85. The van der Waals surface area contributed by atoms with E-state index in [0.717, 1.165) is 22.5 Å². The normalized spacial score (nSPS) is 16.5. The number of hydrogen-bond donors (Lipinski definition) is 5. The van der Waals surface area contributed by atoms with Gasteiger partial charge in [0.15, 0.2) is 23.0 Å². The predicted octanol–water partition coefficient (Wildman–Crippen LogP) is 2.87. The van der Waals surface area contributed by atoms with Gasteiger partial charge in [0.05, 0.1) is 35.0 Å². The summed E-state index contributed by atoms with van der Waals surface area (Å²) in [5, 5.41) is 31.7. The number of methoxy groups -OCH3 is 4. The molecule has 40 heavy (non-hydrogen) atoms. The van der Waals surface area contributed by atoms with Crippen molar-refractivity contribution < 1.29 is 29.2 Å². The highest BCUT2D eigenvalue weighted by molar-refractivity contribution is 5.87. The van der Waals surface area contributed by atoms with Crippen molar-refractivity contribution in [3.05, 3.63) is 70.3 Å². The Morgan fingerprint density at radius 1 is 0.850 bits per heavy atom. The van der Waals surface area contributed by atoms with Gasteiger partial charge in [0.25, 0.3) is 0 Å². The molecule has 2 aliphatic heterocycles. The lowest BCUT2D eigenvalue weighted by Gasteiger charge is -2.40. The fraction of sp³-hybridized carbons (Fsp3) is 0.393. The average Bonchev–Trinajstić information content (AvgIpc) is 2.97. The largest absolute Gasteiger partial charge is 0.493 e. The maximum Gasteiger partial charge on any atom is 0.160 e. The van der Waals surface area contributed by atoms with Gasteiger partial charge in [-0.25, -0.2) is 10.0 Å². The SMILES string of the molecule is COc1ccc(CC2=C3N=C(CCO)NC(Cc4ccc(OC)c(OC)c4)=C3N(N=N)C(CCO)N2)cc1OC. The first-order valence-electron chi connectivity index (χ1n) is 12.9. The van der Waals surface area contributed by atoms with Crippen molar-refractivity contribution in [2.24, 2.45) is 10.2 Å². The summed E-state index contributed by atoms with van der Waals surface area (Å²) in [6.07, 6.45) is 1.06. The molecule has 0 aromatic heterocycles. The zero-order chi connectivity index (χ0) is 28.6. The Balaban J connectivity index is 1.85. The average molecular weight is 553 g/mol. The number of amidine groups is 1. The summed E-state index contributed by atoms with van der Waals surface area (Å²) in [5.41, 5.74) is 12.7. The smallest absolute Gasteiger partial charge is 0.160 e. The molecule has 0 aliphatic carbocycles. The number of ether oxygens (including phenoxy) is 4. The Morgan fingerprint density at radius 3 is 1.93 bits per heavy atom. The third-order valence-electron chi connectivity index (χ3n) is 6.72. The lowest BCUT2D eigenvalue weighted by Crippen LogP contribution is -2.50. The number of benzene rings is 2. The molecule has 0 spiro atoms. The summed E-state index contributed by atoms with van der Waals surface area (Å²) in [6, 6.07) is 11.4. The zero-order valence-electron chi connectivity index (χ0n) is 23.2. The Morgan fingerprint density at radius 2 is 1.43 bits per heavy atom. The summed E-state index contributed by atoms with van der Waals surface area (Å²) >= 11 is 0. The Kier molecular flexibility index (Phi) is 9.46. The van der Waals surface area contributed by atoms with Crippen molar-refractivity contribution in [1.82, 2.24) is 15.6 Å². The van der Waals surface area contributed by atoms with E-state index in [1.807, 2.05) is 36.4 Å². The zero-order valence-corrected chi connectivity index (χ0v) is 23.2. The summed E-state index contributed by atoms with van der Waals surface area (Å²) in [7, 11) is 6.35. The second-order valence-electron chi connectivity index (χ2n) is 9.16. The van der Waals surface area contributed by atoms with Crippen molar-refractivity contribution in [2.45, 2.75) is 31.8 Å². The molecule has 12 nitrogen and oxygen atoms in total. The van der Waals surface area contributed by atoms with Crippen molar-refractivity contribution in [3.8, 4) is 23.0 Å². The summed E-state index contributed by atoms with van der Waals surface area (Å²) < 4.78 is 21.8. The Labute approximate surface area is 233 Å². The van der Waals surface area contributed by atoms with Gasteiger partial charge >= 0.3 is 0 Å². The van der Waals surface area contributed by atoms with Crippen LogP contribution in [0.25, 0.3) is 0 Å². The van der Waals surface area contributed by atoms with E-state index in [9.17, 15) is 10.2 Å². The third kappa shape index (κ3) is 5.97. The quantitative estimate of drug-likeness (QED) is 0.236. The highest BCUT2D eigenvalue weighted by atomic mass is 16.5. The van der Waals surface area contributed by atoms with Crippen LogP contribution in [0.2, 0.25) is 0 Å². The fourth-order valence-corrected chi connectivity index (χ4v) is 4.85. The number of nitrogens with one attached hydrogen (secondary N) is 3. The number of hydrogen-bond acceptors (Lipinski definition) is 11. The van der Waals surface area contributed by atoms with Crippen LogP contribution in [0.4, 0.5) is 0 Å². The minimum absolute atomic E-state index is 0.0871. The van der Waals surface area contributed by atoms with Crippen LogP contribution in [0, 0.1) is 5.53 Å². The number of fused-ring (bicyclic) bond motifs is 1. The molecule has 2 aliphatic rings. The first-order valence-corrected chi connectivity index (χ1v) is 12.9. The van der Waals surface area contributed by atoms with E-state index in [-0.39, 0.29) is 13.2 Å². The third-order valence-corrected chi connectivity index (χ3v) is 6.72. The highest BCUT2D eigenvalue weighted by Crippen LogP contribution is 2.37. The highest BCUT2D eigenvalue weighted by Gasteiger charge is 2.36. The van der Waals surface area contributed by atoms with E-state index < -0.39 is 6.17 Å². The van der Waals surface area contributed by atoms with Crippen molar-refractivity contribution in [2.75, 3.05) is 41.7 Å². The lowest BCUT2D eigenvalue weighted by atomic mass is 9.99. The number of allylic oxidation sites excluding steroid dienone is 2. The van der Waals surface area contributed by atoms with Crippen molar-refractivity contribution >= 4 is 5.84 Å². The minimum atomic E-state index is -0.479. The second-order valence-corrected chi connectivity index (χ2v) is 9.16. The summed E-state index contributed by atoms with van der Waals surface area (Å²) in [6.45, 7) is -0.191. The van der Waals surface area contributed by atoms with Gasteiger partial charge in [-0.1, -0.05) is 17.4 Å². The van der Waals surface area contributed by atoms with Crippen LogP contribution in [0.1, 0.15) is 24.0 Å². The maximum atomic E-state index is 9.82. The predicted molar refractivity (Wildman–Crippen MR) is 148 cm³/mol. The monoisotopic (exact) mass is 552 g/mol. The van der Waals surface area contributed by atoms with Crippen molar-refractivity contribution in [1.29, 1.82) is 5.53 Å². The number of aliphatic hydroxyl groups excluding tert-OH is 2. The second kappa shape index (κ2) is 13.2. The number of aliphatic imine (C=N–C) groups is 1. The van der Waals surface area contributed by atoms with E-state index >= 15 is 0 Å². The van der Waals surface area contributed by atoms with E-state index in [4.69, 9.17) is 29.5 Å². The van der Waals surface area contributed by atoms with Crippen LogP contribution in [0.3, 0.4) is 0 Å². The molecule has 214 valence electrons. The molecular formula is C28H36N6O6. The van der Waals surface area contributed by atoms with Gasteiger partial charge in [-0.05, 0) is 35.4 Å². The molecule has 2 aromatic carbocycles. The lowest BCUT2D eigenvalue weighted by molar-refractivity contribution is 0.154. The van der Waals surface area contributed by atoms with Crippen LogP contribution in [0.5, 0.6) is 23.0 Å². The van der Waals surface area contributed by atoms with Gasteiger partial charge in [-0.2, -0.15) is 5.53 Å². The molecule has 1 unspecified atom stereocenters. The van der Waals surface area contributed by atoms with Crippen molar-refractivity contribution in [3.63, 3.8) is 0 Å². The van der Waals surface area contributed by atoms with Gasteiger partial charge in [-0.15, -0.1) is 0 Å². The molecule has 2 aromatic rings. The molecule has 0 amide bonds. The van der Waals surface area contributed by atoms with E-state index in [2.05, 4.69) is 15.9 Å². The molecule has 2 heterocycles. The molecule has 4 rings (SSSR count). The van der Waals surface area contributed by atoms with Crippen LogP contribution in [0.15, 0.2) is 69.4 Å². The molecule has 1 atom stereocenters. The Hall–Kier alpha value is -4.29. The number of nitrogens with zero attached hydrogens (tertiary/aromatic N) is 3. The van der Waals surface area contributed by atoms with Crippen LogP contribution >= 0.6 is 0 Å². The van der Waals surface area contributed by atoms with E-state index in [1.54, 1.807) is 28.4 Å². The van der Waals surface area contributed by atoms with Crippen LogP contribution in [-0.2, 0) is 12.8 Å². The number of aliphatic hydroxyl groups is 2. The van der Waals surface area contributed by atoms with Gasteiger partial charge in [0.2, 0.25) is 0 Å². The first kappa shape index (κ1) is 28.7. The molecule has 12 heteroatoms. The molecular weight excluding hydrogens is 516 g/mol. The van der Waals surface area contributed by atoms with Crippen LogP contribution < -0.4 is 29.6 Å². The molecule has 0 radical (unpaired) electrons. The maximum absolute atomic E-state index is 9.82. The summed E-state index contributed by atoms with van der Waals surface area (Å²) in [5.74, 6) is 3.04. The van der Waals surface area contributed by atoms with Gasteiger partial charge < -0.3 is 39.8 Å². The minimum Gasteiger partial charge on any atom is -0.493 e. The number of rotatable bonds is 13. The molecule has 5 N–H and O–H groups in total.